The van der Waals surface area contributed by atoms with Crippen LogP contribution >= 0.6 is 0 Å². The van der Waals surface area contributed by atoms with Crippen LogP contribution in [0.2, 0.25) is 0 Å². The molecular formula is C22H25N3O5S. The minimum atomic E-state index is -3.89. The molecule has 4 rings (SSSR count). The number of carbonyl (C=O) groups is 2. The highest BCUT2D eigenvalue weighted by Gasteiger charge is 2.39. The number of carbonyl (C=O) groups excluding carboxylic acids is 2. The smallest absolute Gasteiger partial charge is 0.270 e. The van der Waals surface area contributed by atoms with Gasteiger partial charge in [0, 0.05) is 30.6 Å². The summed E-state index contributed by atoms with van der Waals surface area (Å²) in [5, 5.41) is 2.79. The average Bonchev–Trinajstić information content (AvgIpc) is 2.64. The summed E-state index contributed by atoms with van der Waals surface area (Å²) in [6, 6.07) is 9.48. The molecule has 2 N–H and O–H groups in total. The van der Waals surface area contributed by atoms with E-state index in [4.69, 9.17) is 4.74 Å². The Hall–Kier alpha value is -3.07. The zero-order chi connectivity index (χ0) is 22.8. The predicted octanol–water partition coefficient (Wildman–Crippen LogP) is 3.24. The number of hydrogen-bond donors (Lipinski definition) is 2. The molecular weight excluding hydrogens is 418 g/mol. The third-order valence-electron chi connectivity index (χ3n) is 5.67. The van der Waals surface area contributed by atoms with Gasteiger partial charge in [-0.3, -0.25) is 14.3 Å². The van der Waals surface area contributed by atoms with E-state index in [9.17, 15) is 18.0 Å². The van der Waals surface area contributed by atoms with Crippen molar-refractivity contribution >= 4 is 38.9 Å². The number of rotatable bonds is 3. The molecule has 0 spiro atoms. The monoisotopic (exact) mass is 443 g/mol. The van der Waals surface area contributed by atoms with Crippen molar-refractivity contribution in [2.75, 3.05) is 22.0 Å². The minimum absolute atomic E-state index is 0.0911. The first-order valence-corrected chi connectivity index (χ1v) is 11.4. The number of amides is 2. The molecule has 2 aliphatic rings. The average molecular weight is 444 g/mol. The lowest BCUT2D eigenvalue weighted by Crippen LogP contribution is -2.50. The first kappa shape index (κ1) is 21.2. The van der Waals surface area contributed by atoms with E-state index in [1.165, 1.54) is 11.0 Å². The molecule has 0 fully saturated rings. The number of nitrogens with one attached hydrogen (secondary N) is 2. The summed E-state index contributed by atoms with van der Waals surface area (Å²) in [6.07, 6.45) is 0.279. The Morgan fingerprint density at radius 3 is 2.48 bits per heavy atom. The highest BCUT2D eigenvalue weighted by Crippen LogP contribution is 2.40. The third-order valence-corrected chi connectivity index (χ3v) is 7.04. The predicted molar refractivity (Wildman–Crippen MR) is 118 cm³/mol. The maximum atomic E-state index is 13.1. The van der Waals surface area contributed by atoms with Crippen molar-refractivity contribution in [2.45, 2.75) is 50.0 Å². The number of fused-ring (bicyclic) bond motifs is 2. The Kier molecular flexibility index (Phi) is 4.59. The zero-order valence-electron chi connectivity index (χ0n) is 18.1. The van der Waals surface area contributed by atoms with Gasteiger partial charge in [-0.25, -0.2) is 8.42 Å². The largest absolute Gasteiger partial charge is 0.476 e. The molecule has 31 heavy (non-hydrogen) atoms. The van der Waals surface area contributed by atoms with Crippen LogP contribution < -0.4 is 19.7 Å². The van der Waals surface area contributed by atoms with Crippen molar-refractivity contribution in [2.24, 2.45) is 0 Å². The van der Waals surface area contributed by atoms with Gasteiger partial charge < -0.3 is 15.0 Å². The van der Waals surface area contributed by atoms with Crippen LogP contribution in [0.25, 0.3) is 0 Å². The summed E-state index contributed by atoms with van der Waals surface area (Å²) < 4.78 is 34.5. The van der Waals surface area contributed by atoms with Gasteiger partial charge in [-0.2, -0.15) is 0 Å². The molecule has 8 nitrogen and oxygen atoms in total. The summed E-state index contributed by atoms with van der Waals surface area (Å²) in [6.45, 7) is 7.15. The van der Waals surface area contributed by atoms with E-state index in [0.717, 1.165) is 5.56 Å². The molecule has 0 aliphatic carbocycles. The number of benzene rings is 2. The lowest BCUT2D eigenvalue weighted by Gasteiger charge is -2.37. The number of ether oxygens (including phenoxy) is 1. The first-order chi connectivity index (χ1) is 14.3. The molecule has 2 amide bonds. The molecule has 0 radical (unpaired) electrons. The third kappa shape index (κ3) is 3.63. The molecule has 0 aromatic heterocycles. The number of sulfonamides is 1. The molecule has 164 valence electrons. The molecule has 0 bridgehead atoms. The molecule has 0 saturated heterocycles. The van der Waals surface area contributed by atoms with Crippen LogP contribution in [-0.2, 0) is 25.0 Å². The minimum Gasteiger partial charge on any atom is -0.476 e. The second-order valence-electron chi connectivity index (χ2n) is 9.08. The molecule has 9 heteroatoms. The van der Waals surface area contributed by atoms with Crippen LogP contribution in [0.1, 0.15) is 39.7 Å². The van der Waals surface area contributed by atoms with Gasteiger partial charge in [-0.1, -0.05) is 13.8 Å². The van der Waals surface area contributed by atoms with Gasteiger partial charge in [0.25, 0.3) is 15.9 Å². The molecule has 2 aromatic carbocycles. The molecule has 0 saturated carbocycles. The van der Waals surface area contributed by atoms with Crippen LogP contribution in [-0.4, -0.2) is 32.9 Å². The lowest BCUT2D eigenvalue weighted by atomic mass is 9.78. The van der Waals surface area contributed by atoms with E-state index in [-0.39, 0.29) is 23.1 Å². The fraction of sp³-hybridized carbons (Fsp3) is 0.364. The fourth-order valence-corrected chi connectivity index (χ4v) is 5.11. The van der Waals surface area contributed by atoms with Crippen LogP contribution in [0.4, 0.5) is 17.1 Å². The van der Waals surface area contributed by atoms with Crippen LogP contribution in [0, 0.1) is 0 Å². The second-order valence-corrected chi connectivity index (χ2v) is 10.8. The maximum Gasteiger partial charge on any atom is 0.270 e. The SMILES string of the molecule is CN1C(=O)C(C)(C)Oc2cc(NS(=O)(=O)c3ccc4c(c3)C(C)(C)CC(=O)N4)ccc21. The summed E-state index contributed by atoms with van der Waals surface area (Å²) in [7, 11) is -2.23. The van der Waals surface area contributed by atoms with Crippen molar-refractivity contribution in [1.29, 1.82) is 0 Å². The zero-order valence-corrected chi connectivity index (χ0v) is 18.9. The van der Waals surface area contributed by atoms with Gasteiger partial charge in [0.2, 0.25) is 5.91 Å². The quantitative estimate of drug-likeness (QED) is 0.758. The van der Waals surface area contributed by atoms with Gasteiger partial charge in [-0.15, -0.1) is 0 Å². The fourth-order valence-electron chi connectivity index (χ4n) is 4.03. The summed E-state index contributed by atoms with van der Waals surface area (Å²) in [5.74, 6) is 0.144. The lowest BCUT2D eigenvalue weighted by molar-refractivity contribution is -0.132. The topological polar surface area (TPSA) is 105 Å². The Balaban J connectivity index is 1.67. The van der Waals surface area contributed by atoms with Crippen molar-refractivity contribution in [1.82, 2.24) is 0 Å². The van der Waals surface area contributed by atoms with Gasteiger partial charge in [0.15, 0.2) is 5.60 Å². The normalized spacial score (nSPS) is 19.1. The number of nitrogens with zero attached hydrogens (tertiary/aromatic N) is 1. The summed E-state index contributed by atoms with van der Waals surface area (Å²) in [5.41, 5.74) is 0.753. The first-order valence-electron chi connectivity index (χ1n) is 9.89. The highest BCUT2D eigenvalue weighted by atomic mass is 32.2. The molecule has 2 heterocycles. The van der Waals surface area contributed by atoms with E-state index < -0.39 is 21.0 Å². The van der Waals surface area contributed by atoms with Crippen molar-refractivity contribution in [3.8, 4) is 5.75 Å². The second kappa shape index (κ2) is 6.71. The molecule has 2 aliphatic heterocycles. The van der Waals surface area contributed by atoms with Gasteiger partial charge >= 0.3 is 0 Å². The van der Waals surface area contributed by atoms with E-state index >= 15 is 0 Å². The summed E-state index contributed by atoms with van der Waals surface area (Å²) in [4.78, 5) is 25.9. The van der Waals surface area contributed by atoms with Crippen LogP contribution in [0.5, 0.6) is 5.75 Å². The van der Waals surface area contributed by atoms with E-state index in [1.807, 2.05) is 13.8 Å². The standard InChI is InChI=1S/C22H25N3O5S/c1-21(2)12-19(26)23-16-8-7-14(11-15(16)21)31(28,29)24-13-6-9-17-18(10-13)30-22(3,4)20(27)25(17)5/h6-11,24H,12H2,1-5H3,(H,23,26). The van der Waals surface area contributed by atoms with E-state index in [1.54, 1.807) is 51.2 Å². The van der Waals surface area contributed by atoms with Gasteiger partial charge in [-0.05, 0) is 49.7 Å². The van der Waals surface area contributed by atoms with Crippen molar-refractivity contribution in [3.63, 3.8) is 0 Å². The van der Waals surface area contributed by atoms with Gasteiger partial charge in [0.05, 0.1) is 16.3 Å². The van der Waals surface area contributed by atoms with Crippen LogP contribution in [0.15, 0.2) is 41.3 Å². The number of anilines is 3. The van der Waals surface area contributed by atoms with Crippen molar-refractivity contribution in [3.05, 3.63) is 42.0 Å². The molecule has 2 aromatic rings. The molecule has 0 atom stereocenters. The summed E-state index contributed by atoms with van der Waals surface area (Å²) >= 11 is 0. The maximum absolute atomic E-state index is 13.1. The van der Waals surface area contributed by atoms with Crippen molar-refractivity contribution < 1.29 is 22.7 Å². The van der Waals surface area contributed by atoms with E-state index in [0.29, 0.717) is 22.8 Å². The number of likely N-dealkylation sites (N-methyl/N-ethyl adjacent to an activating group) is 1. The van der Waals surface area contributed by atoms with E-state index in [2.05, 4.69) is 10.0 Å². The Morgan fingerprint density at radius 2 is 1.77 bits per heavy atom. The van der Waals surface area contributed by atoms with Gasteiger partial charge in [0.1, 0.15) is 5.75 Å². The molecule has 0 unspecified atom stereocenters. The Labute approximate surface area is 181 Å². The Bertz CT molecular complexity index is 1220. The Morgan fingerprint density at radius 1 is 1.06 bits per heavy atom. The number of hydrogen-bond acceptors (Lipinski definition) is 5. The van der Waals surface area contributed by atoms with Crippen LogP contribution in [0.3, 0.4) is 0 Å². The highest BCUT2D eigenvalue weighted by molar-refractivity contribution is 7.92.